The van der Waals surface area contributed by atoms with E-state index in [0.717, 1.165) is 35.3 Å². The number of hydrogen-bond acceptors (Lipinski definition) is 5. The molecule has 0 amide bonds. The number of H-pyrrole nitrogens is 1. The lowest BCUT2D eigenvalue weighted by molar-refractivity contribution is 0.261. The van der Waals surface area contributed by atoms with Gasteiger partial charge < -0.3 is 4.74 Å². The minimum atomic E-state index is -3.25. The summed E-state index contributed by atoms with van der Waals surface area (Å²) in [5.74, 6) is 1.19. The van der Waals surface area contributed by atoms with Gasteiger partial charge in [0.15, 0.2) is 0 Å². The van der Waals surface area contributed by atoms with E-state index in [9.17, 15) is 18.0 Å². The SMILES string of the molecule is COc1c(C2=CC3CC[C@H](CNS(C)(=O)=O)C3(C)C=C2)cc(-n2ccc(=O)[nH]c2=O)cc1C(C)(C)C. The van der Waals surface area contributed by atoms with Crippen molar-refractivity contribution in [2.45, 2.75) is 46.0 Å². The Balaban J connectivity index is 1.81. The number of benzene rings is 1. The van der Waals surface area contributed by atoms with Crippen molar-refractivity contribution in [3.63, 3.8) is 0 Å². The Morgan fingerprint density at radius 2 is 1.94 bits per heavy atom. The Labute approximate surface area is 212 Å². The molecular formula is C27H35N3O5S. The number of nitrogens with zero attached hydrogens (tertiary/aromatic N) is 1. The molecule has 1 heterocycles. The fraction of sp³-hybridized carbons (Fsp3) is 0.481. The van der Waals surface area contributed by atoms with Gasteiger partial charge in [0, 0.05) is 29.9 Å². The average molecular weight is 514 g/mol. The molecule has 36 heavy (non-hydrogen) atoms. The number of allylic oxidation sites excluding steroid dienone is 4. The van der Waals surface area contributed by atoms with Gasteiger partial charge in [-0.05, 0) is 53.2 Å². The maximum absolute atomic E-state index is 12.6. The van der Waals surface area contributed by atoms with Crippen LogP contribution in [0.1, 0.15) is 51.7 Å². The van der Waals surface area contributed by atoms with Crippen LogP contribution in [-0.4, -0.2) is 37.9 Å². The molecule has 3 atom stereocenters. The first-order valence-corrected chi connectivity index (χ1v) is 14.0. The summed E-state index contributed by atoms with van der Waals surface area (Å²) >= 11 is 0. The fourth-order valence-corrected chi connectivity index (χ4v) is 5.99. The Kier molecular flexibility index (Phi) is 6.68. The molecule has 2 unspecified atom stereocenters. The predicted molar refractivity (Wildman–Crippen MR) is 142 cm³/mol. The number of sulfonamides is 1. The van der Waals surface area contributed by atoms with Gasteiger partial charge in [0.2, 0.25) is 10.0 Å². The summed E-state index contributed by atoms with van der Waals surface area (Å²) in [4.78, 5) is 26.6. The third-order valence-electron chi connectivity index (χ3n) is 7.60. The van der Waals surface area contributed by atoms with Crippen LogP contribution in [0.25, 0.3) is 11.3 Å². The fourth-order valence-electron chi connectivity index (χ4n) is 5.49. The molecule has 0 bridgehead atoms. The largest absolute Gasteiger partial charge is 0.496 e. The standard InChI is InChI=1S/C27H35N3O5S/c1-26(2,3)22-15-20(30-12-10-23(31)29-25(30)32)14-21(24(22)35-5)17-9-11-27(4)18(13-17)7-8-19(27)16-28-36(6,33)34/h9-15,18-19,28H,7-8,16H2,1-6H3,(H,29,31,32)/t18?,19-,27?/m1/s1. The maximum atomic E-state index is 12.6. The molecule has 8 nitrogen and oxygen atoms in total. The monoisotopic (exact) mass is 513 g/mol. The molecule has 9 heteroatoms. The molecule has 4 rings (SSSR count). The third kappa shape index (κ3) is 4.99. The molecule has 194 valence electrons. The van der Waals surface area contributed by atoms with Gasteiger partial charge in [0.1, 0.15) is 5.75 Å². The average Bonchev–Trinajstić information content (AvgIpc) is 3.11. The topological polar surface area (TPSA) is 110 Å². The lowest BCUT2D eigenvalue weighted by Gasteiger charge is -2.36. The van der Waals surface area contributed by atoms with Crippen LogP contribution < -0.4 is 20.7 Å². The quantitative estimate of drug-likeness (QED) is 0.615. The van der Waals surface area contributed by atoms with Gasteiger partial charge in [0.05, 0.1) is 19.1 Å². The van der Waals surface area contributed by atoms with Crippen molar-refractivity contribution in [2.75, 3.05) is 19.9 Å². The van der Waals surface area contributed by atoms with E-state index in [2.05, 4.69) is 55.6 Å². The Morgan fingerprint density at radius 3 is 2.56 bits per heavy atom. The van der Waals surface area contributed by atoms with Gasteiger partial charge in [-0.1, -0.05) is 45.9 Å². The number of aromatic nitrogens is 2. The first kappa shape index (κ1) is 26.2. The van der Waals surface area contributed by atoms with E-state index >= 15 is 0 Å². The Hall–Kier alpha value is -2.91. The molecule has 2 N–H and O–H groups in total. The molecule has 0 radical (unpaired) electrons. The second-order valence-electron chi connectivity index (χ2n) is 11.1. The molecule has 1 saturated carbocycles. The minimum Gasteiger partial charge on any atom is -0.496 e. The predicted octanol–water partition coefficient (Wildman–Crippen LogP) is 3.37. The molecule has 0 saturated heterocycles. The summed E-state index contributed by atoms with van der Waals surface area (Å²) < 4.78 is 33.4. The normalized spacial score (nSPS) is 23.9. The number of methoxy groups -OCH3 is 1. The van der Waals surface area contributed by atoms with Crippen LogP contribution in [0, 0.1) is 17.3 Å². The van der Waals surface area contributed by atoms with E-state index in [0.29, 0.717) is 12.2 Å². The molecule has 0 aliphatic heterocycles. The van der Waals surface area contributed by atoms with Crippen LogP contribution in [0.2, 0.25) is 0 Å². The first-order valence-electron chi connectivity index (χ1n) is 12.1. The van der Waals surface area contributed by atoms with E-state index in [4.69, 9.17) is 4.74 Å². The van der Waals surface area contributed by atoms with Crippen molar-refractivity contribution in [3.8, 4) is 11.4 Å². The van der Waals surface area contributed by atoms with E-state index in [1.54, 1.807) is 7.11 Å². The molecule has 1 aromatic carbocycles. The van der Waals surface area contributed by atoms with Gasteiger partial charge in [-0.2, -0.15) is 0 Å². The highest BCUT2D eigenvalue weighted by Gasteiger charge is 2.45. The van der Waals surface area contributed by atoms with Crippen LogP contribution in [0.4, 0.5) is 0 Å². The van der Waals surface area contributed by atoms with Gasteiger partial charge in [0.25, 0.3) is 5.56 Å². The number of nitrogens with one attached hydrogen (secondary N) is 2. The Morgan fingerprint density at radius 1 is 1.22 bits per heavy atom. The van der Waals surface area contributed by atoms with Crippen molar-refractivity contribution < 1.29 is 13.2 Å². The summed E-state index contributed by atoms with van der Waals surface area (Å²) in [5.41, 5.74) is 2.07. The highest BCUT2D eigenvalue weighted by atomic mass is 32.2. The van der Waals surface area contributed by atoms with Gasteiger partial charge >= 0.3 is 5.69 Å². The molecule has 1 aromatic heterocycles. The lowest BCUT2D eigenvalue weighted by Crippen LogP contribution is -2.36. The third-order valence-corrected chi connectivity index (χ3v) is 8.29. The Bertz CT molecular complexity index is 1460. The minimum absolute atomic E-state index is 0.158. The van der Waals surface area contributed by atoms with Crippen LogP contribution in [0.5, 0.6) is 5.75 Å². The van der Waals surface area contributed by atoms with E-state index < -0.39 is 21.3 Å². The van der Waals surface area contributed by atoms with Crippen molar-refractivity contribution in [1.82, 2.24) is 14.3 Å². The zero-order chi connectivity index (χ0) is 26.5. The van der Waals surface area contributed by atoms with Crippen molar-refractivity contribution in [1.29, 1.82) is 0 Å². The molecule has 2 aromatic rings. The molecule has 2 aliphatic rings. The first-order chi connectivity index (χ1) is 16.7. The zero-order valence-electron chi connectivity index (χ0n) is 21.7. The van der Waals surface area contributed by atoms with Crippen molar-refractivity contribution in [2.24, 2.45) is 17.3 Å². The van der Waals surface area contributed by atoms with E-state index in [-0.39, 0.29) is 22.7 Å². The molecular weight excluding hydrogens is 478 g/mol. The van der Waals surface area contributed by atoms with Crippen LogP contribution in [0.15, 0.2) is 52.2 Å². The highest BCUT2D eigenvalue weighted by Crippen LogP contribution is 2.53. The van der Waals surface area contributed by atoms with Crippen LogP contribution in [0.3, 0.4) is 0 Å². The summed E-state index contributed by atoms with van der Waals surface area (Å²) in [6.07, 6.45) is 11.1. The molecule has 1 fully saturated rings. The summed E-state index contributed by atoms with van der Waals surface area (Å²) in [5, 5.41) is 0. The van der Waals surface area contributed by atoms with Gasteiger partial charge in [-0.15, -0.1) is 0 Å². The van der Waals surface area contributed by atoms with E-state index in [1.807, 2.05) is 12.1 Å². The van der Waals surface area contributed by atoms with Crippen molar-refractivity contribution >= 4 is 15.6 Å². The number of fused-ring (bicyclic) bond motifs is 1. The smallest absolute Gasteiger partial charge is 0.332 e. The highest BCUT2D eigenvalue weighted by molar-refractivity contribution is 7.88. The molecule has 0 spiro atoms. The number of aromatic amines is 1. The van der Waals surface area contributed by atoms with Crippen LogP contribution >= 0.6 is 0 Å². The van der Waals surface area contributed by atoms with Crippen LogP contribution in [-0.2, 0) is 15.4 Å². The number of rotatable bonds is 6. The summed E-state index contributed by atoms with van der Waals surface area (Å²) in [7, 11) is -1.60. The molecule has 2 aliphatic carbocycles. The second-order valence-corrected chi connectivity index (χ2v) is 13.0. The van der Waals surface area contributed by atoms with Gasteiger partial charge in [-0.25, -0.2) is 17.9 Å². The number of ether oxygens (including phenoxy) is 1. The maximum Gasteiger partial charge on any atom is 0.332 e. The van der Waals surface area contributed by atoms with Crippen molar-refractivity contribution in [3.05, 3.63) is 74.6 Å². The lowest BCUT2D eigenvalue weighted by atomic mass is 9.69. The van der Waals surface area contributed by atoms with Gasteiger partial charge in [-0.3, -0.25) is 14.3 Å². The summed E-state index contributed by atoms with van der Waals surface area (Å²) in [6, 6.07) is 5.18. The van der Waals surface area contributed by atoms with E-state index in [1.165, 1.54) is 23.1 Å². The number of hydrogen-bond donors (Lipinski definition) is 2. The summed E-state index contributed by atoms with van der Waals surface area (Å²) in [6.45, 7) is 8.88. The zero-order valence-corrected chi connectivity index (χ0v) is 22.5. The second kappa shape index (κ2) is 9.19.